The Morgan fingerprint density at radius 1 is 1.11 bits per heavy atom. The summed E-state index contributed by atoms with van der Waals surface area (Å²) < 4.78 is 0. The van der Waals surface area contributed by atoms with Crippen LogP contribution in [0.3, 0.4) is 0 Å². The lowest BCUT2D eigenvalue weighted by Crippen LogP contribution is -2.58. The largest absolute Gasteiger partial charge is 0.351 e. The molecule has 3 rings (SSSR count). The van der Waals surface area contributed by atoms with E-state index in [2.05, 4.69) is 10.6 Å². The molecule has 2 bridgehead atoms. The number of nitrogens with two attached hydrogens (primary N) is 1. The van der Waals surface area contributed by atoms with Crippen molar-refractivity contribution in [3.63, 3.8) is 0 Å². The Bertz CT molecular complexity index is 667. The van der Waals surface area contributed by atoms with E-state index in [0.29, 0.717) is 22.4 Å². The van der Waals surface area contributed by atoms with E-state index in [-0.39, 0.29) is 42.2 Å². The van der Waals surface area contributed by atoms with E-state index in [1.54, 1.807) is 24.3 Å². The van der Waals surface area contributed by atoms with Crippen molar-refractivity contribution < 1.29 is 9.59 Å². The van der Waals surface area contributed by atoms with Gasteiger partial charge in [-0.25, -0.2) is 0 Å². The Labute approximate surface area is 178 Å². The summed E-state index contributed by atoms with van der Waals surface area (Å²) in [4.78, 5) is 25.6. The second-order valence-electron chi connectivity index (χ2n) is 8.42. The van der Waals surface area contributed by atoms with Crippen LogP contribution in [0.15, 0.2) is 24.3 Å². The average molecular weight is 428 g/mol. The van der Waals surface area contributed by atoms with Crippen molar-refractivity contribution in [3.8, 4) is 0 Å². The van der Waals surface area contributed by atoms with Crippen molar-refractivity contribution >= 4 is 35.8 Å². The van der Waals surface area contributed by atoms with Crippen LogP contribution in [-0.4, -0.2) is 29.9 Å². The number of amides is 2. The maximum Gasteiger partial charge on any atom is 0.251 e. The van der Waals surface area contributed by atoms with Gasteiger partial charge in [-0.3, -0.25) is 9.59 Å². The Kier molecular flexibility index (Phi) is 8.17. The fraction of sp³-hybridized carbons (Fsp3) is 0.619. The quantitative estimate of drug-likeness (QED) is 0.671. The first-order chi connectivity index (χ1) is 12.8. The van der Waals surface area contributed by atoms with Gasteiger partial charge in [-0.1, -0.05) is 31.9 Å². The molecule has 0 heterocycles. The van der Waals surface area contributed by atoms with Crippen LogP contribution >= 0.6 is 24.0 Å². The van der Waals surface area contributed by atoms with Crippen molar-refractivity contribution in [1.82, 2.24) is 10.6 Å². The van der Waals surface area contributed by atoms with Crippen LogP contribution in [-0.2, 0) is 4.79 Å². The van der Waals surface area contributed by atoms with E-state index in [0.717, 1.165) is 25.7 Å². The van der Waals surface area contributed by atoms with Crippen LogP contribution in [0, 0.1) is 17.8 Å². The van der Waals surface area contributed by atoms with Gasteiger partial charge in [-0.05, 0) is 67.7 Å². The molecule has 7 heteroatoms. The molecule has 2 saturated carbocycles. The minimum atomic E-state index is -0.565. The van der Waals surface area contributed by atoms with Gasteiger partial charge in [0.2, 0.25) is 5.91 Å². The number of nitrogens with one attached hydrogen (secondary N) is 2. The molecule has 4 N–H and O–H groups in total. The minimum Gasteiger partial charge on any atom is -0.351 e. The van der Waals surface area contributed by atoms with Crippen LogP contribution in [0.5, 0.6) is 0 Å². The van der Waals surface area contributed by atoms with Gasteiger partial charge in [-0.2, -0.15) is 0 Å². The lowest BCUT2D eigenvalue weighted by Gasteiger charge is -2.45. The zero-order valence-electron chi connectivity index (χ0n) is 16.5. The molecule has 1 aromatic rings. The Hall–Kier alpha value is -1.30. The fourth-order valence-electron chi connectivity index (χ4n) is 4.64. The third kappa shape index (κ3) is 5.40. The van der Waals surface area contributed by atoms with Gasteiger partial charge in [0.25, 0.3) is 5.91 Å². The molecule has 2 fully saturated rings. The summed E-state index contributed by atoms with van der Waals surface area (Å²) in [5.74, 6) is 0.551. The summed E-state index contributed by atoms with van der Waals surface area (Å²) >= 11 is 5.88. The predicted octanol–water partition coefficient (Wildman–Crippen LogP) is 3.54. The number of halogens is 2. The van der Waals surface area contributed by atoms with Gasteiger partial charge in [-0.15, -0.1) is 12.4 Å². The number of hydrogen-bond donors (Lipinski definition) is 3. The molecule has 28 heavy (non-hydrogen) atoms. The van der Waals surface area contributed by atoms with Crippen LogP contribution in [0.25, 0.3) is 0 Å². The topological polar surface area (TPSA) is 84.2 Å². The highest BCUT2D eigenvalue weighted by atomic mass is 35.5. The molecule has 156 valence electrons. The lowest BCUT2D eigenvalue weighted by molar-refractivity contribution is -0.126. The highest BCUT2D eigenvalue weighted by Crippen LogP contribution is 2.39. The zero-order valence-corrected chi connectivity index (χ0v) is 18.1. The number of rotatable bonds is 5. The molecule has 3 atom stereocenters. The molecular formula is C21H31Cl2N3O2. The monoisotopic (exact) mass is 427 g/mol. The smallest absolute Gasteiger partial charge is 0.251 e. The minimum absolute atomic E-state index is 0. The first-order valence-corrected chi connectivity index (χ1v) is 10.4. The lowest BCUT2D eigenvalue weighted by atomic mass is 9.67. The molecule has 1 aromatic carbocycles. The van der Waals surface area contributed by atoms with E-state index in [1.807, 2.05) is 13.8 Å². The number of hydrogen-bond acceptors (Lipinski definition) is 3. The second-order valence-corrected chi connectivity index (χ2v) is 8.86. The summed E-state index contributed by atoms with van der Waals surface area (Å²) in [6, 6.07) is 6.55. The van der Waals surface area contributed by atoms with Gasteiger partial charge in [0.1, 0.15) is 6.04 Å². The van der Waals surface area contributed by atoms with Gasteiger partial charge in [0.05, 0.1) is 0 Å². The standard InChI is InChI=1S/C21H30ClN3O2.ClH/c1-12(2)18(24-20(26)13-6-8-16(22)9-7-13)21(27)25-19-14-4-3-5-15(19)11-17(23)10-14;/h6-9,12,14-15,17-19H,3-5,10-11,23H2,1-2H3,(H,24,26)(H,25,27);1H. The number of carbonyl (C=O) groups is 2. The first kappa shape index (κ1) is 23.0. The maximum atomic E-state index is 13.0. The van der Waals surface area contributed by atoms with Gasteiger partial charge in [0.15, 0.2) is 0 Å². The third-order valence-corrected chi connectivity index (χ3v) is 6.28. The Morgan fingerprint density at radius 3 is 2.21 bits per heavy atom. The summed E-state index contributed by atoms with van der Waals surface area (Å²) in [6.45, 7) is 3.90. The van der Waals surface area contributed by atoms with Crippen LogP contribution in [0.2, 0.25) is 5.02 Å². The predicted molar refractivity (Wildman–Crippen MR) is 115 cm³/mol. The van der Waals surface area contributed by atoms with E-state index < -0.39 is 6.04 Å². The summed E-state index contributed by atoms with van der Waals surface area (Å²) in [5.41, 5.74) is 6.69. The molecule has 0 spiro atoms. The Balaban J connectivity index is 0.00000280. The van der Waals surface area contributed by atoms with Gasteiger partial charge in [0, 0.05) is 22.7 Å². The third-order valence-electron chi connectivity index (χ3n) is 6.03. The van der Waals surface area contributed by atoms with Gasteiger partial charge < -0.3 is 16.4 Å². The summed E-state index contributed by atoms with van der Waals surface area (Å²) in [5, 5.41) is 6.73. The van der Waals surface area contributed by atoms with Crippen molar-refractivity contribution in [2.75, 3.05) is 0 Å². The molecule has 0 aromatic heterocycles. The zero-order chi connectivity index (χ0) is 19.6. The van der Waals surface area contributed by atoms with Crippen molar-refractivity contribution in [1.29, 1.82) is 0 Å². The highest BCUT2D eigenvalue weighted by Gasteiger charge is 2.41. The number of carbonyl (C=O) groups excluding carboxylic acids is 2. The van der Waals surface area contributed by atoms with E-state index in [1.165, 1.54) is 6.42 Å². The summed E-state index contributed by atoms with van der Waals surface area (Å²) in [6.07, 6.45) is 5.42. The SMILES string of the molecule is CC(C)C(NC(=O)c1ccc(Cl)cc1)C(=O)NC1C2CCCC1CC(N)C2.Cl. The van der Waals surface area contributed by atoms with Gasteiger partial charge >= 0.3 is 0 Å². The van der Waals surface area contributed by atoms with Crippen molar-refractivity contribution in [2.24, 2.45) is 23.5 Å². The highest BCUT2D eigenvalue weighted by molar-refractivity contribution is 6.30. The molecule has 5 nitrogen and oxygen atoms in total. The molecule has 3 unspecified atom stereocenters. The van der Waals surface area contributed by atoms with E-state index >= 15 is 0 Å². The second kappa shape index (κ2) is 9.95. The van der Waals surface area contributed by atoms with E-state index in [9.17, 15) is 9.59 Å². The average Bonchev–Trinajstić information content (AvgIpc) is 2.60. The van der Waals surface area contributed by atoms with Crippen LogP contribution < -0.4 is 16.4 Å². The van der Waals surface area contributed by atoms with Crippen LogP contribution in [0.4, 0.5) is 0 Å². The Morgan fingerprint density at radius 2 is 1.68 bits per heavy atom. The van der Waals surface area contributed by atoms with Crippen molar-refractivity contribution in [2.45, 2.75) is 64.1 Å². The number of benzene rings is 1. The maximum absolute atomic E-state index is 13.0. The molecule has 2 aliphatic rings. The van der Waals surface area contributed by atoms with E-state index in [4.69, 9.17) is 17.3 Å². The van der Waals surface area contributed by atoms with Crippen LogP contribution in [0.1, 0.15) is 56.3 Å². The molecule has 0 aliphatic heterocycles. The normalized spacial score (nSPS) is 27.5. The first-order valence-electron chi connectivity index (χ1n) is 9.97. The fourth-order valence-corrected chi connectivity index (χ4v) is 4.77. The molecular weight excluding hydrogens is 397 g/mol. The number of fused-ring (bicyclic) bond motifs is 2. The molecule has 0 saturated heterocycles. The summed E-state index contributed by atoms with van der Waals surface area (Å²) in [7, 11) is 0. The van der Waals surface area contributed by atoms with Crippen molar-refractivity contribution in [3.05, 3.63) is 34.9 Å². The molecule has 0 radical (unpaired) electrons. The molecule has 2 amide bonds. The molecule has 2 aliphatic carbocycles.